The van der Waals surface area contributed by atoms with Gasteiger partial charge in [-0.15, -0.1) is 0 Å². The summed E-state index contributed by atoms with van der Waals surface area (Å²) >= 11 is 0. The standard InChI is InChI=1S/C20H23NO4/c1-3-13-25-20(23)16-5-4-6-17(14-16)21-19(22)12-9-15-7-10-18(24-2)11-8-15/h4-8,10-11,14H,3,9,12-13H2,1-2H3,(H,21,22). The normalized spacial score (nSPS) is 10.2. The third kappa shape index (κ3) is 5.95. The number of carbonyl (C=O) groups is 2. The van der Waals surface area contributed by atoms with E-state index in [0.29, 0.717) is 30.7 Å². The quantitative estimate of drug-likeness (QED) is 0.741. The number of methoxy groups -OCH3 is 1. The molecule has 0 saturated heterocycles. The summed E-state index contributed by atoms with van der Waals surface area (Å²) in [6.45, 7) is 2.32. The van der Waals surface area contributed by atoms with Crippen molar-refractivity contribution < 1.29 is 19.1 Å². The third-order valence-corrected chi connectivity index (χ3v) is 3.62. The minimum Gasteiger partial charge on any atom is -0.497 e. The lowest BCUT2D eigenvalue weighted by Crippen LogP contribution is -2.13. The fourth-order valence-electron chi connectivity index (χ4n) is 2.28. The van der Waals surface area contributed by atoms with E-state index in [9.17, 15) is 9.59 Å². The molecule has 0 saturated carbocycles. The molecule has 2 aromatic rings. The van der Waals surface area contributed by atoms with Crippen molar-refractivity contribution in [1.82, 2.24) is 0 Å². The Balaban J connectivity index is 1.88. The molecule has 0 radical (unpaired) electrons. The van der Waals surface area contributed by atoms with Crippen LogP contribution in [0.3, 0.4) is 0 Å². The van der Waals surface area contributed by atoms with E-state index >= 15 is 0 Å². The highest BCUT2D eigenvalue weighted by Gasteiger charge is 2.09. The molecule has 0 unspecified atom stereocenters. The van der Waals surface area contributed by atoms with Crippen LogP contribution in [0.15, 0.2) is 48.5 Å². The number of hydrogen-bond donors (Lipinski definition) is 1. The maximum absolute atomic E-state index is 12.1. The van der Waals surface area contributed by atoms with E-state index < -0.39 is 0 Å². The molecule has 2 rings (SSSR count). The lowest BCUT2D eigenvalue weighted by atomic mass is 10.1. The van der Waals surface area contributed by atoms with Gasteiger partial charge in [-0.3, -0.25) is 4.79 Å². The van der Waals surface area contributed by atoms with Gasteiger partial charge in [-0.25, -0.2) is 4.79 Å². The minimum atomic E-state index is -0.379. The largest absolute Gasteiger partial charge is 0.497 e. The Morgan fingerprint density at radius 1 is 1.08 bits per heavy atom. The molecular weight excluding hydrogens is 318 g/mol. The third-order valence-electron chi connectivity index (χ3n) is 3.62. The summed E-state index contributed by atoms with van der Waals surface area (Å²) < 4.78 is 10.2. The first kappa shape index (κ1) is 18.5. The number of ether oxygens (including phenoxy) is 2. The van der Waals surface area contributed by atoms with Gasteiger partial charge in [0.2, 0.25) is 5.91 Å². The van der Waals surface area contributed by atoms with Gasteiger partial charge >= 0.3 is 5.97 Å². The highest BCUT2D eigenvalue weighted by atomic mass is 16.5. The fraction of sp³-hybridized carbons (Fsp3) is 0.300. The molecule has 25 heavy (non-hydrogen) atoms. The summed E-state index contributed by atoms with van der Waals surface area (Å²) in [7, 11) is 1.62. The number of esters is 1. The smallest absolute Gasteiger partial charge is 0.338 e. The highest BCUT2D eigenvalue weighted by Crippen LogP contribution is 2.15. The summed E-state index contributed by atoms with van der Waals surface area (Å²) in [5.41, 5.74) is 2.08. The number of amides is 1. The molecule has 5 nitrogen and oxygen atoms in total. The van der Waals surface area contributed by atoms with Crippen molar-refractivity contribution in [2.75, 3.05) is 19.0 Å². The molecule has 0 aliphatic heterocycles. The first-order chi connectivity index (χ1) is 12.1. The number of hydrogen-bond acceptors (Lipinski definition) is 4. The van der Waals surface area contributed by atoms with Gasteiger partial charge in [-0.05, 0) is 48.7 Å². The van der Waals surface area contributed by atoms with E-state index in [1.807, 2.05) is 31.2 Å². The van der Waals surface area contributed by atoms with Crippen LogP contribution in [0.5, 0.6) is 5.75 Å². The topological polar surface area (TPSA) is 64.6 Å². The second kappa shape index (κ2) is 9.47. The van der Waals surface area contributed by atoms with E-state index in [2.05, 4.69) is 5.32 Å². The van der Waals surface area contributed by atoms with Crippen LogP contribution < -0.4 is 10.1 Å². The van der Waals surface area contributed by atoms with Gasteiger partial charge in [-0.2, -0.15) is 0 Å². The second-order valence-corrected chi connectivity index (χ2v) is 5.61. The Hall–Kier alpha value is -2.82. The Bertz CT molecular complexity index is 710. The molecule has 0 spiro atoms. The SMILES string of the molecule is CCCOC(=O)c1cccc(NC(=O)CCc2ccc(OC)cc2)c1. The number of rotatable bonds is 8. The predicted molar refractivity (Wildman–Crippen MR) is 97.0 cm³/mol. The molecular formula is C20H23NO4. The Morgan fingerprint density at radius 2 is 1.84 bits per heavy atom. The van der Waals surface area contributed by atoms with Gasteiger partial charge in [0.25, 0.3) is 0 Å². The van der Waals surface area contributed by atoms with E-state index in [4.69, 9.17) is 9.47 Å². The van der Waals surface area contributed by atoms with Crippen molar-refractivity contribution in [2.45, 2.75) is 26.2 Å². The molecule has 2 aromatic carbocycles. The van der Waals surface area contributed by atoms with Crippen molar-refractivity contribution >= 4 is 17.6 Å². The molecule has 0 bridgehead atoms. The number of aryl methyl sites for hydroxylation is 1. The zero-order chi connectivity index (χ0) is 18.1. The van der Waals surface area contributed by atoms with E-state index in [-0.39, 0.29) is 11.9 Å². The molecule has 0 heterocycles. The van der Waals surface area contributed by atoms with Crippen LogP contribution in [-0.4, -0.2) is 25.6 Å². The van der Waals surface area contributed by atoms with Crippen molar-refractivity contribution in [3.63, 3.8) is 0 Å². The summed E-state index contributed by atoms with van der Waals surface area (Å²) in [6.07, 6.45) is 1.76. The monoisotopic (exact) mass is 341 g/mol. The lowest BCUT2D eigenvalue weighted by Gasteiger charge is -2.08. The number of nitrogens with one attached hydrogen (secondary N) is 1. The van der Waals surface area contributed by atoms with Crippen LogP contribution >= 0.6 is 0 Å². The fourth-order valence-corrected chi connectivity index (χ4v) is 2.28. The predicted octanol–water partition coefficient (Wildman–Crippen LogP) is 3.83. The summed E-state index contributed by atoms with van der Waals surface area (Å²) in [4.78, 5) is 24.0. The van der Waals surface area contributed by atoms with Crippen molar-refractivity contribution in [2.24, 2.45) is 0 Å². The molecule has 0 aromatic heterocycles. The van der Waals surface area contributed by atoms with Crippen molar-refractivity contribution in [3.8, 4) is 5.75 Å². The van der Waals surface area contributed by atoms with Gasteiger partial charge in [0.1, 0.15) is 5.75 Å². The first-order valence-corrected chi connectivity index (χ1v) is 8.32. The number of anilines is 1. The second-order valence-electron chi connectivity index (χ2n) is 5.61. The van der Waals surface area contributed by atoms with Gasteiger partial charge in [0.05, 0.1) is 19.3 Å². The molecule has 5 heteroatoms. The molecule has 1 amide bonds. The van der Waals surface area contributed by atoms with Crippen LogP contribution in [0.4, 0.5) is 5.69 Å². The summed E-state index contributed by atoms with van der Waals surface area (Å²) in [6, 6.07) is 14.4. The molecule has 0 fully saturated rings. The zero-order valence-corrected chi connectivity index (χ0v) is 14.6. The number of carbonyl (C=O) groups excluding carboxylic acids is 2. The maximum atomic E-state index is 12.1. The maximum Gasteiger partial charge on any atom is 0.338 e. The number of benzene rings is 2. The Kier molecular flexibility index (Phi) is 7.01. The average molecular weight is 341 g/mol. The lowest BCUT2D eigenvalue weighted by molar-refractivity contribution is -0.116. The summed E-state index contributed by atoms with van der Waals surface area (Å²) in [5.74, 6) is 0.311. The van der Waals surface area contributed by atoms with Crippen LogP contribution in [0.1, 0.15) is 35.7 Å². The summed E-state index contributed by atoms with van der Waals surface area (Å²) in [5, 5.41) is 2.81. The molecule has 0 aliphatic rings. The van der Waals surface area contributed by atoms with E-state index in [1.54, 1.807) is 31.4 Å². The Labute approximate surface area is 148 Å². The average Bonchev–Trinajstić information content (AvgIpc) is 2.65. The van der Waals surface area contributed by atoms with Gasteiger partial charge < -0.3 is 14.8 Å². The molecule has 0 atom stereocenters. The highest BCUT2D eigenvalue weighted by molar-refractivity contribution is 5.94. The molecule has 1 N–H and O–H groups in total. The van der Waals surface area contributed by atoms with Crippen LogP contribution in [-0.2, 0) is 16.0 Å². The van der Waals surface area contributed by atoms with Crippen molar-refractivity contribution in [3.05, 3.63) is 59.7 Å². The van der Waals surface area contributed by atoms with Crippen LogP contribution in [0, 0.1) is 0 Å². The first-order valence-electron chi connectivity index (χ1n) is 8.32. The van der Waals surface area contributed by atoms with Crippen LogP contribution in [0.25, 0.3) is 0 Å². The van der Waals surface area contributed by atoms with Gasteiger partial charge in [0, 0.05) is 12.1 Å². The van der Waals surface area contributed by atoms with E-state index in [1.165, 1.54) is 0 Å². The van der Waals surface area contributed by atoms with Crippen LogP contribution in [0.2, 0.25) is 0 Å². The van der Waals surface area contributed by atoms with Crippen molar-refractivity contribution in [1.29, 1.82) is 0 Å². The van der Waals surface area contributed by atoms with E-state index in [0.717, 1.165) is 17.7 Å². The van der Waals surface area contributed by atoms with Gasteiger partial charge in [0.15, 0.2) is 0 Å². The van der Waals surface area contributed by atoms with Gasteiger partial charge in [-0.1, -0.05) is 25.1 Å². The molecule has 0 aliphatic carbocycles. The zero-order valence-electron chi connectivity index (χ0n) is 14.6. The minimum absolute atomic E-state index is 0.102. The Morgan fingerprint density at radius 3 is 2.52 bits per heavy atom. The molecule has 132 valence electrons.